The van der Waals surface area contributed by atoms with Crippen molar-refractivity contribution in [2.45, 2.75) is 32.5 Å². The van der Waals surface area contributed by atoms with E-state index in [-0.39, 0.29) is 13.1 Å². The molecule has 0 atom stereocenters. The first-order chi connectivity index (χ1) is 16.8. The van der Waals surface area contributed by atoms with Crippen LogP contribution in [0.3, 0.4) is 0 Å². The molecule has 0 radical (unpaired) electrons. The summed E-state index contributed by atoms with van der Waals surface area (Å²) in [7, 11) is 1.56. The Bertz CT molecular complexity index is 1350. The molecule has 0 unspecified atom stereocenters. The van der Waals surface area contributed by atoms with Crippen LogP contribution < -0.4 is 10.1 Å². The maximum Gasteiger partial charge on any atom is 0.249 e. The van der Waals surface area contributed by atoms with E-state index in [2.05, 4.69) is 15.6 Å². The molecule has 9 heteroatoms. The molecule has 4 rings (SSSR count). The van der Waals surface area contributed by atoms with Crippen molar-refractivity contribution in [3.8, 4) is 5.75 Å². The molecule has 1 heterocycles. The number of hydrogen-bond donors (Lipinski definition) is 1. The van der Waals surface area contributed by atoms with Gasteiger partial charge < -0.3 is 15.0 Å². The number of aromatic nitrogens is 3. The second kappa shape index (κ2) is 9.92. The van der Waals surface area contributed by atoms with Gasteiger partial charge in [-0.3, -0.25) is 9.59 Å². The highest BCUT2D eigenvalue weighted by atomic mass is 19.1. The Hall–Kier alpha value is -4.27. The SMILES string of the molecule is COc1ccc(NC(=O)C(C)(C)N(Cc2ccccc2F)C(=O)Cn2nnc3ccccc32)cc1. The fourth-order valence-electron chi connectivity index (χ4n) is 3.72. The van der Waals surface area contributed by atoms with E-state index in [9.17, 15) is 14.0 Å². The third-order valence-electron chi connectivity index (χ3n) is 5.87. The van der Waals surface area contributed by atoms with Crippen molar-refractivity contribution >= 4 is 28.5 Å². The molecule has 3 aromatic carbocycles. The average Bonchev–Trinajstić information content (AvgIpc) is 3.26. The highest BCUT2D eigenvalue weighted by Gasteiger charge is 2.38. The molecule has 0 fully saturated rings. The fraction of sp³-hybridized carbons (Fsp3) is 0.231. The third kappa shape index (κ3) is 5.13. The van der Waals surface area contributed by atoms with Gasteiger partial charge in [0.25, 0.3) is 0 Å². The Labute approximate surface area is 202 Å². The molecule has 4 aromatic rings. The summed E-state index contributed by atoms with van der Waals surface area (Å²) in [4.78, 5) is 28.3. The highest BCUT2D eigenvalue weighted by Crippen LogP contribution is 2.24. The van der Waals surface area contributed by atoms with Gasteiger partial charge in [0, 0.05) is 17.8 Å². The molecule has 0 aliphatic rings. The molecule has 35 heavy (non-hydrogen) atoms. The predicted molar refractivity (Wildman–Crippen MR) is 130 cm³/mol. The van der Waals surface area contributed by atoms with Gasteiger partial charge in [0.2, 0.25) is 11.8 Å². The molecule has 0 aliphatic heterocycles. The predicted octanol–water partition coefficient (Wildman–Crippen LogP) is 4.03. The van der Waals surface area contributed by atoms with Crippen LogP contribution in [-0.2, 0) is 22.7 Å². The van der Waals surface area contributed by atoms with Gasteiger partial charge in [-0.05, 0) is 56.3 Å². The first-order valence-corrected chi connectivity index (χ1v) is 11.1. The van der Waals surface area contributed by atoms with E-state index in [0.717, 1.165) is 0 Å². The maximum atomic E-state index is 14.5. The number of fused-ring (bicyclic) bond motifs is 1. The Balaban J connectivity index is 1.63. The molecule has 1 N–H and O–H groups in total. The van der Waals surface area contributed by atoms with Crippen LogP contribution in [0.4, 0.5) is 10.1 Å². The summed E-state index contributed by atoms with van der Waals surface area (Å²) in [6.45, 7) is 3.00. The summed E-state index contributed by atoms with van der Waals surface area (Å²) in [5.74, 6) is -0.629. The Morgan fingerprint density at radius 1 is 1.03 bits per heavy atom. The van der Waals surface area contributed by atoms with Gasteiger partial charge in [-0.2, -0.15) is 0 Å². The number of nitrogens with one attached hydrogen (secondary N) is 1. The minimum Gasteiger partial charge on any atom is -0.497 e. The minimum absolute atomic E-state index is 0.0961. The Morgan fingerprint density at radius 2 is 1.71 bits per heavy atom. The summed E-state index contributed by atoms with van der Waals surface area (Å²) < 4.78 is 21.2. The average molecular weight is 476 g/mol. The van der Waals surface area contributed by atoms with Crippen molar-refractivity contribution in [2.75, 3.05) is 12.4 Å². The van der Waals surface area contributed by atoms with Gasteiger partial charge in [0.05, 0.1) is 12.6 Å². The molecule has 0 bridgehead atoms. The normalized spacial score (nSPS) is 11.3. The van der Waals surface area contributed by atoms with E-state index >= 15 is 0 Å². The van der Waals surface area contributed by atoms with Gasteiger partial charge in [-0.25, -0.2) is 9.07 Å². The standard InChI is InChI=1S/C26H26FN5O3/c1-26(2,25(34)28-19-12-14-20(35-3)15-13-19)31(16-18-8-4-5-9-21(18)27)24(33)17-32-23-11-7-6-10-22(23)29-30-32/h4-15H,16-17H2,1-3H3,(H,28,34). The number of carbonyl (C=O) groups excluding carboxylic acids is 2. The minimum atomic E-state index is -1.32. The molecule has 8 nitrogen and oxygen atoms in total. The summed E-state index contributed by atoms with van der Waals surface area (Å²) in [5, 5.41) is 11.0. The van der Waals surface area contributed by atoms with Crippen LogP contribution in [0.1, 0.15) is 19.4 Å². The van der Waals surface area contributed by atoms with E-state index in [4.69, 9.17) is 4.74 Å². The maximum absolute atomic E-state index is 14.5. The van der Waals surface area contributed by atoms with Crippen LogP contribution in [0.25, 0.3) is 11.0 Å². The zero-order valence-corrected chi connectivity index (χ0v) is 19.7. The number of rotatable bonds is 8. The summed E-state index contributed by atoms with van der Waals surface area (Å²) in [5.41, 5.74) is 0.860. The fourth-order valence-corrected chi connectivity index (χ4v) is 3.72. The number of anilines is 1. The zero-order valence-electron chi connectivity index (χ0n) is 19.7. The number of para-hydroxylation sites is 1. The first-order valence-electron chi connectivity index (χ1n) is 11.1. The zero-order chi connectivity index (χ0) is 25.0. The molecule has 0 aliphatic carbocycles. The number of benzene rings is 3. The van der Waals surface area contributed by atoms with Crippen molar-refractivity contribution in [3.63, 3.8) is 0 Å². The van der Waals surface area contributed by atoms with Gasteiger partial charge in [0.15, 0.2) is 0 Å². The molecule has 180 valence electrons. The lowest BCUT2D eigenvalue weighted by atomic mass is 9.99. The van der Waals surface area contributed by atoms with Crippen LogP contribution in [0.5, 0.6) is 5.75 Å². The smallest absolute Gasteiger partial charge is 0.249 e. The van der Waals surface area contributed by atoms with Gasteiger partial charge in [-0.15, -0.1) is 5.10 Å². The van der Waals surface area contributed by atoms with Gasteiger partial charge in [-0.1, -0.05) is 35.5 Å². The number of halogens is 1. The number of amides is 2. The lowest BCUT2D eigenvalue weighted by molar-refractivity contribution is -0.145. The van der Waals surface area contributed by atoms with Crippen LogP contribution >= 0.6 is 0 Å². The van der Waals surface area contributed by atoms with Crippen molar-refractivity contribution in [2.24, 2.45) is 0 Å². The van der Waals surface area contributed by atoms with Gasteiger partial charge in [0.1, 0.15) is 29.2 Å². The Morgan fingerprint density at radius 3 is 2.43 bits per heavy atom. The summed E-state index contributed by atoms with van der Waals surface area (Å²) in [6, 6.07) is 20.3. The van der Waals surface area contributed by atoms with Crippen LogP contribution in [0.2, 0.25) is 0 Å². The van der Waals surface area contributed by atoms with E-state index in [0.29, 0.717) is 28.0 Å². The molecule has 0 saturated carbocycles. The van der Waals surface area contributed by atoms with Crippen LogP contribution in [0, 0.1) is 5.82 Å². The molecule has 2 amide bonds. The highest BCUT2D eigenvalue weighted by molar-refractivity contribution is 6.00. The summed E-state index contributed by atoms with van der Waals surface area (Å²) >= 11 is 0. The number of methoxy groups -OCH3 is 1. The monoisotopic (exact) mass is 475 g/mol. The lowest BCUT2D eigenvalue weighted by Crippen LogP contribution is -2.55. The number of carbonyl (C=O) groups is 2. The van der Waals surface area contributed by atoms with E-state index in [1.54, 1.807) is 69.5 Å². The molecule has 0 saturated heterocycles. The van der Waals surface area contributed by atoms with Crippen molar-refractivity contribution in [1.82, 2.24) is 19.9 Å². The molecule has 0 spiro atoms. The van der Waals surface area contributed by atoms with Crippen LogP contribution in [-0.4, -0.2) is 44.4 Å². The number of hydrogen-bond acceptors (Lipinski definition) is 5. The second-order valence-corrected chi connectivity index (χ2v) is 8.55. The van der Waals surface area contributed by atoms with Crippen molar-refractivity contribution in [1.29, 1.82) is 0 Å². The molecular weight excluding hydrogens is 449 g/mol. The number of nitrogens with zero attached hydrogens (tertiary/aromatic N) is 4. The van der Waals surface area contributed by atoms with Gasteiger partial charge >= 0.3 is 0 Å². The number of ether oxygens (including phenoxy) is 1. The quantitative estimate of drug-likeness (QED) is 0.416. The first kappa shape index (κ1) is 23.9. The largest absolute Gasteiger partial charge is 0.497 e. The van der Waals surface area contributed by atoms with Crippen molar-refractivity contribution in [3.05, 3.63) is 84.2 Å². The van der Waals surface area contributed by atoms with E-state index in [1.807, 2.05) is 18.2 Å². The molecular formula is C26H26FN5O3. The van der Waals surface area contributed by atoms with E-state index < -0.39 is 23.2 Å². The third-order valence-corrected chi connectivity index (χ3v) is 5.87. The lowest BCUT2D eigenvalue weighted by Gasteiger charge is -2.37. The second-order valence-electron chi connectivity index (χ2n) is 8.55. The Kier molecular flexibility index (Phi) is 6.77. The van der Waals surface area contributed by atoms with Crippen molar-refractivity contribution < 1.29 is 18.7 Å². The topological polar surface area (TPSA) is 89.4 Å². The van der Waals surface area contributed by atoms with Crippen LogP contribution in [0.15, 0.2) is 72.8 Å². The summed E-state index contributed by atoms with van der Waals surface area (Å²) in [6.07, 6.45) is 0. The molecule has 1 aromatic heterocycles. The van der Waals surface area contributed by atoms with E-state index in [1.165, 1.54) is 15.6 Å².